The zero-order valence-corrected chi connectivity index (χ0v) is 16.6. The van der Waals surface area contributed by atoms with Crippen LogP contribution in [-0.4, -0.2) is 47.2 Å². The van der Waals surface area contributed by atoms with Crippen LogP contribution in [0.15, 0.2) is 65.6 Å². The average molecular weight is 403 g/mol. The Balaban J connectivity index is 1.51. The molecule has 0 saturated carbocycles. The van der Waals surface area contributed by atoms with Crippen LogP contribution in [0.5, 0.6) is 0 Å². The lowest BCUT2D eigenvalue weighted by molar-refractivity contribution is -0.131. The summed E-state index contributed by atoms with van der Waals surface area (Å²) in [6.45, 7) is 1.45. The highest BCUT2D eigenvalue weighted by Crippen LogP contribution is 2.45. The SMILES string of the molecule is O=C1CSC2(CCN(S(=O)(=O)c3ccccc3)CC2)N1Cc1ccccc1. The molecule has 1 amide bonds. The van der Waals surface area contributed by atoms with Gasteiger partial charge in [0.2, 0.25) is 15.9 Å². The highest BCUT2D eigenvalue weighted by Gasteiger charge is 2.49. The van der Waals surface area contributed by atoms with Crippen LogP contribution in [0, 0.1) is 0 Å². The lowest BCUT2D eigenvalue weighted by atomic mass is 10.0. The molecule has 2 heterocycles. The summed E-state index contributed by atoms with van der Waals surface area (Å²) in [7, 11) is -3.48. The van der Waals surface area contributed by atoms with E-state index >= 15 is 0 Å². The first-order chi connectivity index (χ1) is 13.0. The van der Waals surface area contributed by atoms with Crippen molar-refractivity contribution in [2.45, 2.75) is 29.2 Å². The van der Waals surface area contributed by atoms with Crippen molar-refractivity contribution in [3.63, 3.8) is 0 Å². The van der Waals surface area contributed by atoms with Gasteiger partial charge >= 0.3 is 0 Å². The molecule has 2 aliphatic rings. The standard InChI is InChI=1S/C20H22N2O3S2/c23-19-16-26-20(22(19)15-17-7-3-1-4-8-17)11-13-21(14-12-20)27(24,25)18-9-5-2-6-10-18/h1-10H,11-16H2. The molecule has 2 aliphatic heterocycles. The van der Waals surface area contributed by atoms with Gasteiger partial charge in [-0.05, 0) is 30.5 Å². The number of piperidine rings is 1. The first-order valence-corrected chi connectivity index (χ1v) is 11.5. The fourth-order valence-electron chi connectivity index (χ4n) is 3.81. The summed E-state index contributed by atoms with van der Waals surface area (Å²) in [5, 5.41) is 0. The Morgan fingerprint density at radius 3 is 2.15 bits per heavy atom. The Labute approximate surface area is 164 Å². The molecule has 27 heavy (non-hydrogen) atoms. The normalized spacial score (nSPS) is 20.3. The summed E-state index contributed by atoms with van der Waals surface area (Å²) in [4.78, 5) is 14.5. The maximum atomic E-state index is 12.9. The lowest BCUT2D eigenvalue weighted by Crippen LogP contribution is -2.52. The molecular weight excluding hydrogens is 380 g/mol. The van der Waals surface area contributed by atoms with E-state index in [1.165, 1.54) is 0 Å². The highest BCUT2D eigenvalue weighted by atomic mass is 32.2. The van der Waals surface area contributed by atoms with E-state index in [0.29, 0.717) is 43.1 Å². The molecule has 142 valence electrons. The van der Waals surface area contributed by atoms with Crippen molar-refractivity contribution in [3.8, 4) is 0 Å². The molecule has 0 aromatic heterocycles. The van der Waals surface area contributed by atoms with Crippen LogP contribution in [0.25, 0.3) is 0 Å². The van der Waals surface area contributed by atoms with Crippen molar-refractivity contribution < 1.29 is 13.2 Å². The van der Waals surface area contributed by atoms with E-state index in [1.807, 2.05) is 41.3 Å². The Morgan fingerprint density at radius 1 is 0.926 bits per heavy atom. The molecule has 0 aliphatic carbocycles. The summed E-state index contributed by atoms with van der Waals surface area (Å²) >= 11 is 1.66. The van der Waals surface area contributed by atoms with Crippen molar-refractivity contribution in [2.24, 2.45) is 0 Å². The lowest BCUT2D eigenvalue weighted by Gasteiger charge is -2.43. The number of thioether (sulfide) groups is 1. The third-order valence-corrected chi connectivity index (χ3v) is 8.80. The molecule has 1 spiro atoms. The molecule has 5 nitrogen and oxygen atoms in total. The second kappa shape index (κ2) is 7.30. The Hall–Kier alpha value is -1.83. The van der Waals surface area contributed by atoms with Gasteiger partial charge < -0.3 is 4.90 Å². The molecule has 4 rings (SSSR count). The number of sulfonamides is 1. The van der Waals surface area contributed by atoms with E-state index in [-0.39, 0.29) is 10.8 Å². The topological polar surface area (TPSA) is 57.7 Å². The Morgan fingerprint density at radius 2 is 1.52 bits per heavy atom. The minimum Gasteiger partial charge on any atom is -0.323 e. The third-order valence-electron chi connectivity index (χ3n) is 5.33. The van der Waals surface area contributed by atoms with Crippen LogP contribution in [0.4, 0.5) is 0 Å². The predicted molar refractivity (Wildman–Crippen MR) is 107 cm³/mol. The molecule has 0 bridgehead atoms. The van der Waals surface area contributed by atoms with Crippen LogP contribution in [0.3, 0.4) is 0 Å². The van der Waals surface area contributed by atoms with E-state index in [4.69, 9.17) is 0 Å². The fraction of sp³-hybridized carbons (Fsp3) is 0.350. The number of hydrogen-bond acceptors (Lipinski definition) is 4. The quantitative estimate of drug-likeness (QED) is 0.789. The molecule has 2 fully saturated rings. The molecule has 2 saturated heterocycles. The molecular formula is C20H22N2O3S2. The number of amides is 1. The van der Waals surface area contributed by atoms with E-state index in [9.17, 15) is 13.2 Å². The smallest absolute Gasteiger partial charge is 0.243 e. The number of hydrogen-bond donors (Lipinski definition) is 0. The van der Waals surface area contributed by atoms with Crippen LogP contribution < -0.4 is 0 Å². The Kier molecular flexibility index (Phi) is 5.01. The van der Waals surface area contributed by atoms with Gasteiger partial charge in [-0.25, -0.2) is 8.42 Å². The van der Waals surface area contributed by atoms with Gasteiger partial charge in [0, 0.05) is 19.6 Å². The first kappa shape index (κ1) is 18.5. The van der Waals surface area contributed by atoms with E-state index in [1.54, 1.807) is 40.3 Å². The maximum absolute atomic E-state index is 12.9. The van der Waals surface area contributed by atoms with Crippen molar-refractivity contribution in [1.29, 1.82) is 0 Å². The minimum absolute atomic E-state index is 0.142. The van der Waals surface area contributed by atoms with Crippen molar-refractivity contribution >= 4 is 27.7 Å². The summed E-state index contributed by atoms with van der Waals surface area (Å²) < 4.78 is 27.3. The first-order valence-electron chi connectivity index (χ1n) is 9.05. The fourth-order valence-corrected chi connectivity index (χ4v) is 6.61. The van der Waals surface area contributed by atoms with Gasteiger partial charge in [0.25, 0.3) is 0 Å². The van der Waals surface area contributed by atoms with Crippen molar-refractivity contribution in [3.05, 3.63) is 66.2 Å². The highest BCUT2D eigenvalue weighted by molar-refractivity contribution is 8.01. The van der Waals surface area contributed by atoms with Crippen molar-refractivity contribution in [2.75, 3.05) is 18.8 Å². The predicted octanol–water partition coefficient (Wildman–Crippen LogP) is 2.94. The summed E-state index contributed by atoms with van der Waals surface area (Å²) in [5.41, 5.74) is 1.10. The van der Waals surface area contributed by atoms with Crippen LogP contribution in [0.1, 0.15) is 18.4 Å². The zero-order chi connectivity index (χ0) is 18.9. The molecule has 0 N–H and O–H groups in total. The number of carbonyl (C=O) groups is 1. The monoisotopic (exact) mass is 402 g/mol. The second-order valence-corrected chi connectivity index (χ2v) is 10.2. The van der Waals surface area contributed by atoms with E-state index in [0.717, 1.165) is 5.56 Å². The third kappa shape index (κ3) is 3.51. The second-order valence-electron chi connectivity index (χ2n) is 6.92. The number of nitrogens with zero attached hydrogens (tertiary/aromatic N) is 2. The van der Waals surface area contributed by atoms with Gasteiger partial charge in [-0.15, -0.1) is 11.8 Å². The summed E-state index contributed by atoms with van der Waals surface area (Å²) in [6.07, 6.45) is 1.31. The summed E-state index contributed by atoms with van der Waals surface area (Å²) in [6, 6.07) is 18.5. The van der Waals surface area contributed by atoms with E-state index < -0.39 is 10.0 Å². The van der Waals surface area contributed by atoms with Crippen LogP contribution in [0.2, 0.25) is 0 Å². The van der Waals surface area contributed by atoms with Gasteiger partial charge in [-0.3, -0.25) is 4.79 Å². The van der Waals surface area contributed by atoms with Crippen LogP contribution in [-0.2, 0) is 21.4 Å². The average Bonchev–Trinajstić information content (AvgIpc) is 2.99. The number of rotatable bonds is 4. The molecule has 0 atom stereocenters. The Bertz CT molecular complexity index is 909. The largest absolute Gasteiger partial charge is 0.323 e. The van der Waals surface area contributed by atoms with Gasteiger partial charge in [0.1, 0.15) is 0 Å². The van der Waals surface area contributed by atoms with Crippen LogP contribution >= 0.6 is 11.8 Å². The van der Waals surface area contributed by atoms with Crippen molar-refractivity contribution in [1.82, 2.24) is 9.21 Å². The van der Waals surface area contributed by atoms with Gasteiger partial charge in [0.05, 0.1) is 15.5 Å². The number of benzene rings is 2. The minimum atomic E-state index is -3.48. The maximum Gasteiger partial charge on any atom is 0.243 e. The van der Waals surface area contributed by atoms with Gasteiger partial charge in [-0.2, -0.15) is 4.31 Å². The molecule has 7 heteroatoms. The number of carbonyl (C=O) groups excluding carboxylic acids is 1. The van der Waals surface area contributed by atoms with E-state index in [2.05, 4.69) is 0 Å². The van der Waals surface area contributed by atoms with Gasteiger partial charge in [-0.1, -0.05) is 48.5 Å². The molecule has 0 radical (unpaired) electrons. The molecule has 2 aromatic rings. The van der Waals surface area contributed by atoms with Gasteiger partial charge in [0.15, 0.2) is 0 Å². The zero-order valence-electron chi connectivity index (χ0n) is 15.0. The summed E-state index contributed by atoms with van der Waals surface area (Å²) in [5.74, 6) is 0.612. The molecule has 2 aromatic carbocycles. The molecule has 0 unspecified atom stereocenters.